The summed E-state index contributed by atoms with van der Waals surface area (Å²) in [5.41, 5.74) is 0. The predicted octanol–water partition coefficient (Wildman–Crippen LogP) is 14.0. The molecule has 3 unspecified atom stereocenters. The summed E-state index contributed by atoms with van der Waals surface area (Å²) in [5, 5.41) is 13.8. The molecule has 0 spiro atoms. The van der Waals surface area contributed by atoms with Crippen molar-refractivity contribution >= 4 is 13.7 Å². The van der Waals surface area contributed by atoms with E-state index in [1.54, 1.807) is 6.08 Å². The van der Waals surface area contributed by atoms with E-state index in [0.717, 1.165) is 64.2 Å². The van der Waals surface area contributed by atoms with Crippen molar-refractivity contribution in [1.29, 1.82) is 0 Å². The normalized spacial score (nSPS) is 14.4. The molecule has 0 aromatic rings. The topological polar surface area (TPSA) is 108 Å². The second kappa shape index (κ2) is 43.0. The standard InChI is InChI=1S/C51H99N2O6P/c1-6-8-10-12-14-16-18-20-22-23-24-25-26-27-28-29-30-31-32-34-36-38-40-42-44-50(54)49(48-59-60(56,57)58-47-46-53(3,4)5)52-51(55)45-43-41-39-37-35-33-21-19-17-15-13-11-9-7-2/h13,15,19,21,42,44,49-50,54H,6-12,14,16-18,20,22-41,43,45-48H2,1-5H3,(H-,52,55,56,57)/b15-13-,21-19-,44-42+. The molecule has 0 aromatic heterocycles. The molecule has 60 heavy (non-hydrogen) atoms. The van der Waals surface area contributed by atoms with Crippen LogP contribution in [0.25, 0.3) is 0 Å². The van der Waals surface area contributed by atoms with Crippen LogP contribution in [-0.4, -0.2) is 68.5 Å². The summed E-state index contributed by atoms with van der Waals surface area (Å²) in [6, 6.07) is -0.893. The molecular weight excluding hydrogens is 768 g/mol. The quantitative estimate of drug-likeness (QED) is 0.0273. The summed E-state index contributed by atoms with van der Waals surface area (Å²) in [7, 11) is 1.25. The van der Waals surface area contributed by atoms with E-state index < -0.39 is 20.0 Å². The van der Waals surface area contributed by atoms with Gasteiger partial charge < -0.3 is 28.8 Å². The number of hydrogen-bond acceptors (Lipinski definition) is 6. The lowest BCUT2D eigenvalue weighted by Gasteiger charge is -2.29. The second-order valence-corrected chi connectivity index (χ2v) is 19.9. The first-order valence-electron chi connectivity index (χ1n) is 25.4. The van der Waals surface area contributed by atoms with Crippen molar-refractivity contribution in [2.24, 2.45) is 0 Å². The lowest BCUT2D eigenvalue weighted by atomic mass is 10.0. The zero-order valence-electron chi connectivity index (χ0n) is 40.2. The van der Waals surface area contributed by atoms with Crippen LogP contribution in [0.1, 0.15) is 232 Å². The molecule has 9 heteroatoms. The molecule has 0 aliphatic rings. The van der Waals surface area contributed by atoms with Gasteiger partial charge in [-0.3, -0.25) is 9.36 Å². The van der Waals surface area contributed by atoms with Crippen molar-refractivity contribution in [2.45, 2.75) is 244 Å². The molecular formula is C51H99N2O6P. The lowest BCUT2D eigenvalue weighted by molar-refractivity contribution is -0.870. The van der Waals surface area contributed by atoms with Crippen LogP contribution in [0.3, 0.4) is 0 Å². The fourth-order valence-electron chi connectivity index (χ4n) is 7.29. The number of nitrogens with one attached hydrogen (secondary N) is 1. The van der Waals surface area contributed by atoms with Gasteiger partial charge in [0.05, 0.1) is 39.9 Å². The molecule has 2 N–H and O–H groups in total. The number of allylic oxidation sites excluding steroid dienone is 5. The number of amides is 1. The van der Waals surface area contributed by atoms with Gasteiger partial charge in [0.2, 0.25) is 5.91 Å². The maximum atomic E-state index is 12.9. The van der Waals surface area contributed by atoms with Crippen molar-refractivity contribution in [3.8, 4) is 0 Å². The Balaban J connectivity index is 4.27. The number of aliphatic hydroxyl groups is 1. The highest BCUT2D eigenvalue weighted by molar-refractivity contribution is 7.45. The van der Waals surface area contributed by atoms with E-state index in [9.17, 15) is 19.4 Å². The van der Waals surface area contributed by atoms with E-state index in [1.807, 2.05) is 27.2 Å². The molecule has 0 aromatic carbocycles. The largest absolute Gasteiger partial charge is 0.756 e. The Hall–Kier alpha value is -1.28. The fourth-order valence-corrected chi connectivity index (χ4v) is 8.01. The molecule has 354 valence electrons. The zero-order valence-corrected chi connectivity index (χ0v) is 41.1. The highest BCUT2D eigenvalue weighted by atomic mass is 31.2. The van der Waals surface area contributed by atoms with E-state index in [-0.39, 0.29) is 19.1 Å². The number of phosphoric acid groups is 1. The van der Waals surface area contributed by atoms with Gasteiger partial charge in [0.15, 0.2) is 0 Å². The molecule has 0 heterocycles. The first kappa shape index (κ1) is 58.7. The number of likely N-dealkylation sites (N-methyl/N-ethyl adjacent to an activating group) is 1. The average molecular weight is 867 g/mol. The number of hydrogen-bond donors (Lipinski definition) is 2. The minimum atomic E-state index is -4.59. The first-order chi connectivity index (χ1) is 29.0. The smallest absolute Gasteiger partial charge is 0.268 e. The Kier molecular flexibility index (Phi) is 42.1. The number of rotatable bonds is 46. The molecule has 0 aliphatic heterocycles. The molecule has 0 rings (SSSR count). The van der Waals surface area contributed by atoms with Crippen LogP contribution in [0.5, 0.6) is 0 Å². The highest BCUT2D eigenvalue weighted by Crippen LogP contribution is 2.38. The van der Waals surface area contributed by atoms with Gasteiger partial charge in [-0.1, -0.05) is 217 Å². The van der Waals surface area contributed by atoms with Crippen LogP contribution in [0.4, 0.5) is 0 Å². The summed E-state index contributed by atoms with van der Waals surface area (Å²) in [5.74, 6) is -0.211. The number of nitrogens with zero attached hydrogens (tertiary/aromatic N) is 1. The first-order valence-corrected chi connectivity index (χ1v) is 26.8. The minimum absolute atomic E-state index is 0.00392. The van der Waals surface area contributed by atoms with E-state index in [1.165, 1.54) is 148 Å². The van der Waals surface area contributed by atoms with Gasteiger partial charge in [0, 0.05) is 6.42 Å². The SMILES string of the molecule is CCCC/C=C\C/C=C\CCCCCCCC(=O)NC(COP(=O)([O-])OCC[N+](C)(C)C)C(O)/C=C/CCCCCCCCCCCCCCCCCCCCCCCC. The summed E-state index contributed by atoms with van der Waals surface area (Å²) < 4.78 is 23.2. The van der Waals surface area contributed by atoms with Gasteiger partial charge in [-0.25, -0.2) is 0 Å². The predicted molar refractivity (Wildman–Crippen MR) is 256 cm³/mol. The molecule has 8 nitrogen and oxygen atoms in total. The average Bonchev–Trinajstić information content (AvgIpc) is 3.20. The summed E-state index contributed by atoms with van der Waals surface area (Å²) in [4.78, 5) is 25.3. The van der Waals surface area contributed by atoms with Gasteiger partial charge in [-0.15, -0.1) is 0 Å². The lowest BCUT2D eigenvalue weighted by Crippen LogP contribution is -2.45. The molecule has 0 saturated heterocycles. The Morgan fingerprint density at radius 2 is 0.983 bits per heavy atom. The maximum Gasteiger partial charge on any atom is 0.268 e. The van der Waals surface area contributed by atoms with Crippen molar-refractivity contribution < 1.29 is 32.9 Å². The molecule has 0 radical (unpaired) electrons. The highest BCUT2D eigenvalue weighted by Gasteiger charge is 2.23. The molecule has 0 saturated carbocycles. The van der Waals surface area contributed by atoms with Crippen molar-refractivity contribution in [1.82, 2.24) is 5.32 Å². The van der Waals surface area contributed by atoms with Crippen LogP contribution in [0.15, 0.2) is 36.5 Å². The third kappa shape index (κ3) is 44.8. The summed E-state index contributed by atoms with van der Waals surface area (Å²) in [6.07, 6.45) is 53.5. The molecule has 3 atom stereocenters. The van der Waals surface area contributed by atoms with E-state index in [2.05, 4.69) is 43.5 Å². The number of phosphoric ester groups is 1. The Morgan fingerprint density at radius 3 is 1.43 bits per heavy atom. The summed E-state index contributed by atoms with van der Waals surface area (Å²) in [6.45, 7) is 4.61. The monoisotopic (exact) mass is 867 g/mol. The van der Waals surface area contributed by atoms with Gasteiger partial charge in [-0.2, -0.15) is 0 Å². The third-order valence-electron chi connectivity index (χ3n) is 11.3. The number of quaternary nitrogens is 1. The number of carbonyl (C=O) groups excluding carboxylic acids is 1. The van der Waals surface area contributed by atoms with Crippen LogP contribution >= 0.6 is 7.82 Å². The number of carbonyl (C=O) groups is 1. The minimum Gasteiger partial charge on any atom is -0.756 e. The van der Waals surface area contributed by atoms with Crippen LogP contribution in [0.2, 0.25) is 0 Å². The zero-order chi connectivity index (χ0) is 44.3. The van der Waals surface area contributed by atoms with Gasteiger partial charge in [-0.05, 0) is 44.9 Å². The van der Waals surface area contributed by atoms with E-state index in [0.29, 0.717) is 17.4 Å². The van der Waals surface area contributed by atoms with Crippen molar-refractivity contribution in [3.05, 3.63) is 36.5 Å². The molecule has 1 amide bonds. The molecule has 0 aliphatic carbocycles. The Morgan fingerprint density at radius 1 is 0.583 bits per heavy atom. The van der Waals surface area contributed by atoms with E-state index >= 15 is 0 Å². The second-order valence-electron chi connectivity index (χ2n) is 18.5. The van der Waals surface area contributed by atoms with Crippen LogP contribution < -0.4 is 10.2 Å². The fraction of sp³-hybridized carbons (Fsp3) is 0.863. The summed E-state index contributed by atoms with van der Waals surface area (Å²) >= 11 is 0. The van der Waals surface area contributed by atoms with Gasteiger partial charge in [0.25, 0.3) is 7.82 Å². The third-order valence-corrected chi connectivity index (χ3v) is 12.3. The van der Waals surface area contributed by atoms with Gasteiger partial charge >= 0.3 is 0 Å². The maximum absolute atomic E-state index is 12.9. The Labute approximate surface area is 372 Å². The van der Waals surface area contributed by atoms with Gasteiger partial charge in [0.1, 0.15) is 13.2 Å². The number of aliphatic hydroxyl groups excluding tert-OH is 1. The molecule has 0 bridgehead atoms. The van der Waals surface area contributed by atoms with Crippen LogP contribution in [0, 0.1) is 0 Å². The molecule has 0 fully saturated rings. The van der Waals surface area contributed by atoms with Crippen LogP contribution in [-0.2, 0) is 18.4 Å². The number of unbranched alkanes of at least 4 members (excludes halogenated alkanes) is 29. The van der Waals surface area contributed by atoms with E-state index in [4.69, 9.17) is 9.05 Å². The van der Waals surface area contributed by atoms with Crippen molar-refractivity contribution in [3.63, 3.8) is 0 Å². The van der Waals surface area contributed by atoms with Crippen molar-refractivity contribution in [2.75, 3.05) is 40.9 Å². The Bertz CT molecular complexity index is 1070.